The lowest BCUT2D eigenvalue weighted by molar-refractivity contribution is 0.0531. The molecule has 0 atom stereocenters. The maximum absolute atomic E-state index is 13.1. The number of ether oxygens (including phenoxy) is 1. The molecular weight excluding hydrogens is 346 g/mol. The van der Waals surface area contributed by atoms with Crippen LogP contribution < -0.4 is 5.32 Å². The Labute approximate surface area is 156 Å². The minimum atomic E-state index is -0.404. The molecule has 0 aliphatic heterocycles. The lowest BCUT2D eigenvalue weighted by Gasteiger charge is -2.08. The predicted molar refractivity (Wildman–Crippen MR) is 105 cm³/mol. The molecule has 0 unspecified atom stereocenters. The molecule has 1 aromatic heterocycles. The first-order chi connectivity index (χ1) is 12.6. The Kier molecular flexibility index (Phi) is 5.49. The molecule has 1 N–H and O–H groups in total. The molecule has 0 saturated carbocycles. The van der Waals surface area contributed by atoms with Crippen LogP contribution in [-0.2, 0) is 4.74 Å². The number of rotatable bonds is 6. The Morgan fingerprint density at radius 2 is 1.62 bits per heavy atom. The molecule has 2 aromatic carbocycles. The number of hydrogen-bond donors (Lipinski definition) is 1. The van der Waals surface area contributed by atoms with Crippen LogP contribution in [0.5, 0.6) is 0 Å². The molecule has 0 aliphatic carbocycles. The van der Waals surface area contributed by atoms with Gasteiger partial charge in [0.2, 0.25) is 0 Å². The second-order valence-electron chi connectivity index (χ2n) is 5.67. The van der Waals surface area contributed by atoms with Crippen molar-refractivity contribution in [1.82, 2.24) is 0 Å². The molecule has 0 spiro atoms. The van der Waals surface area contributed by atoms with Crippen LogP contribution in [0, 0.1) is 6.92 Å². The fraction of sp³-hybridized carbons (Fsp3) is 0.143. The van der Waals surface area contributed by atoms with Gasteiger partial charge in [-0.05, 0) is 31.5 Å². The van der Waals surface area contributed by atoms with E-state index in [1.54, 1.807) is 26.0 Å². The zero-order chi connectivity index (χ0) is 18.5. The number of benzene rings is 2. The van der Waals surface area contributed by atoms with Gasteiger partial charge < -0.3 is 10.1 Å². The number of anilines is 2. The first kappa shape index (κ1) is 17.9. The number of carbonyl (C=O) groups is 2. The third-order valence-electron chi connectivity index (χ3n) is 3.90. The molecule has 26 heavy (non-hydrogen) atoms. The fourth-order valence-corrected chi connectivity index (χ4v) is 3.77. The third kappa shape index (κ3) is 3.68. The van der Waals surface area contributed by atoms with E-state index in [9.17, 15) is 9.59 Å². The maximum atomic E-state index is 13.1. The molecule has 3 aromatic rings. The van der Waals surface area contributed by atoms with Gasteiger partial charge in [-0.1, -0.05) is 48.5 Å². The SMILES string of the molecule is CCOC(=O)c1sc(Nc2ccccc2)c(C(=O)c2ccccc2)c1C. The van der Waals surface area contributed by atoms with E-state index >= 15 is 0 Å². The van der Waals surface area contributed by atoms with Crippen molar-refractivity contribution in [1.29, 1.82) is 0 Å². The summed E-state index contributed by atoms with van der Waals surface area (Å²) >= 11 is 1.25. The third-order valence-corrected chi connectivity index (χ3v) is 5.09. The van der Waals surface area contributed by atoms with Gasteiger partial charge in [0, 0.05) is 11.3 Å². The minimum Gasteiger partial charge on any atom is -0.462 e. The lowest BCUT2D eigenvalue weighted by atomic mass is 10.0. The van der Waals surface area contributed by atoms with Gasteiger partial charge in [0.15, 0.2) is 5.78 Å². The van der Waals surface area contributed by atoms with Crippen molar-refractivity contribution in [3.05, 3.63) is 82.2 Å². The molecule has 132 valence electrons. The highest BCUT2D eigenvalue weighted by Gasteiger charge is 2.26. The first-order valence-electron chi connectivity index (χ1n) is 8.34. The summed E-state index contributed by atoms with van der Waals surface area (Å²) in [6.07, 6.45) is 0. The van der Waals surface area contributed by atoms with Gasteiger partial charge in [-0.2, -0.15) is 0 Å². The topological polar surface area (TPSA) is 55.4 Å². The van der Waals surface area contributed by atoms with Crippen molar-refractivity contribution in [2.75, 3.05) is 11.9 Å². The van der Waals surface area contributed by atoms with Crippen LogP contribution in [0.25, 0.3) is 0 Å². The molecule has 1 heterocycles. The van der Waals surface area contributed by atoms with Gasteiger partial charge in [0.1, 0.15) is 9.88 Å². The molecule has 0 bridgehead atoms. The number of thiophene rings is 1. The number of nitrogens with one attached hydrogen (secondary N) is 1. The Balaban J connectivity index is 2.07. The maximum Gasteiger partial charge on any atom is 0.348 e. The standard InChI is InChI=1S/C21H19NO3S/c1-3-25-21(24)19-14(2)17(18(23)15-10-6-4-7-11-15)20(26-19)22-16-12-8-5-9-13-16/h4-13,22H,3H2,1-2H3. The first-order valence-corrected chi connectivity index (χ1v) is 9.15. The highest BCUT2D eigenvalue weighted by atomic mass is 32.1. The molecule has 0 radical (unpaired) electrons. The summed E-state index contributed by atoms with van der Waals surface area (Å²) in [4.78, 5) is 25.8. The van der Waals surface area contributed by atoms with E-state index in [-0.39, 0.29) is 5.78 Å². The molecule has 3 rings (SSSR count). The van der Waals surface area contributed by atoms with Crippen molar-refractivity contribution < 1.29 is 14.3 Å². The van der Waals surface area contributed by atoms with Crippen molar-refractivity contribution in [2.45, 2.75) is 13.8 Å². The zero-order valence-electron chi connectivity index (χ0n) is 14.6. The molecule has 4 nitrogen and oxygen atoms in total. The number of ketones is 1. The second kappa shape index (κ2) is 7.97. The lowest BCUT2D eigenvalue weighted by Crippen LogP contribution is -2.07. The molecule has 0 amide bonds. The van der Waals surface area contributed by atoms with E-state index in [0.29, 0.717) is 33.2 Å². The molecule has 0 saturated heterocycles. The van der Waals surface area contributed by atoms with Gasteiger partial charge in [-0.25, -0.2) is 4.79 Å². The van der Waals surface area contributed by atoms with Crippen molar-refractivity contribution >= 4 is 33.8 Å². The number of hydrogen-bond acceptors (Lipinski definition) is 5. The number of para-hydroxylation sites is 1. The fourth-order valence-electron chi connectivity index (χ4n) is 2.65. The van der Waals surface area contributed by atoms with Crippen molar-refractivity contribution in [2.24, 2.45) is 0 Å². The largest absolute Gasteiger partial charge is 0.462 e. The summed E-state index contributed by atoms with van der Waals surface area (Å²) in [6, 6.07) is 18.6. The zero-order valence-corrected chi connectivity index (χ0v) is 15.4. The van der Waals surface area contributed by atoms with Gasteiger partial charge >= 0.3 is 5.97 Å². The van der Waals surface area contributed by atoms with Crippen LogP contribution in [0.2, 0.25) is 0 Å². The van der Waals surface area contributed by atoms with Gasteiger partial charge in [0.05, 0.1) is 12.2 Å². The van der Waals surface area contributed by atoms with E-state index in [1.165, 1.54) is 11.3 Å². The summed E-state index contributed by atoms with van der Waals surface area (Å²) in [7, 11) is 0. The average molecular weight is 365 g/mol. The van der Waals surface area contributed by atoms with Crippen molar-refractivity contribution in [3.63, 3.8) is 0 Å². The Morgan fingerprint density at radius 1 is 1.00 bits per heavy atom. The van der Waals surface area contributed by atoms with Gasteiger partial charge in [-0.3, -0.25) is 4.79 Å². The summed E-state index contributed by atoms with van der Waals surface area (Å²) in [6.45, 7) is 3.84. The van der Waals surface area contributed by atoms with Crippen LogP contribution in [0.3, 0.4) is 0 Å². The average Bonchev–Trinajstić information content (AvgIpc) is 2.99. The van der Waals surface area contributed by atoms with E-state index in [1.807, 2.05) is 48.5 Å². The minimum absolute atomic E-state index is 0.117. The summed E-state index contributed by atoms with van der Waals surface area (Å²) in [5.41, 5.74) is 2.58. The molecule has 5 heteroatoms. The van der Waals surface area contributed by atoms with Gasteiger partial charge in [0.25, 0.3) is 0 Å². The highest BCUT2D eigenvalue weighted by molar-refractivity contribution is 7.18. The van der Waals surface area contributed by atoms with Crippen LogP contribution in [0.1, 0.15) is 38.1 Å². The smallest absolute Gasteiger partial charge is 0.348 e. The summed E-state index contributed by atoms with van der Waals surface area (Å²) in [5, 5.41) is 3.92. The van der Waals surface area contributed by atoms with Crippen LogP contribution in [-0.4, -0.2) is 18.4 Å². The van der Waals surface area contributed by atoms with Crippen molar-refractivity contribution in [3.8, 4) is 0 Å². The van der Waals surface area contributed by atoms with E-state index in [2.05, 4.69) is 5.32 Å². The summed E-state index contributed by atoms with van der Waals surface area (Å²) < 4.78 is 5.15. The van der Waals surface area contributed by atoms with Crippen LogP contribution in [0.4, 0.5) is 10.7 Å². The second-order valence-corrected chi connectivity index (χ2v) is 6.69. The highest BCUT2D eigenvalue weighted by Crippen LogP contribution is 2.37. The monoisotopic (exact) mass is 365 g/mol. The molecular formula is C21H19NO3S. The molecule has 0 aliphatic rings. The predicted octanol–water partition coefficient (Wildman–Crippen LogP) is 5.21. The normalized spacial score (nSPS) is 10.4. The number of carbonyl (C=O) groups excluding carboxylic acids is 2. The Bertz CT molecular complexity index is 917. The van der Waals surface area contributed by atoms with Gasteiger partial charge in [-0.15, -0.1) is 11.3 Å². The van der Waals surface area contributed by atoms with E-state index in [0.717, 1.165) is 5.69 Å². The van der Waals surface area contributed by atoms with E-state index in [4.69, 9.17) is 4.74 Å². The Hall–Kier alpha value is -2.92. The quantitative estimate of drug-likeness (QED) is 0.481. The van der Waals surface area contributed by atoms with Crippen LogP contribution >= 0.6 is 11.3 Å². The molecule has 0 fully saturated rings. The van der Waals surface area contributed by atoms with E-state index < -0.39 is 5.97 Å². The number of esters is 1. The Morgan fingerprint density at radius 3 is 2.23 bits per heavy atom. The van der Waals surface area contributed by atoms with Crippen LogP contribution in [0.15, 0.2) is 60.7 Å². The summed E-state index contributed by atoms with van der Waals surface area (Å²) in [5.74, 6) is -0.522.